The van der Waals surface area contributed by atoms with Gasteiger partial charge in [0.05, 0.1) is 21.4 Å². The van der Waals surface area contributed by atoms with Crippen LogP contribution in [0.25, 0.3) is 0 Å². The Labute approximate surface area is 140 Å². The summed E-state index contributed by atoms with van der Waals surface area (Å²) < 4.78 is 19.5. The summed E-state index contributed by atoms with van der Waals surface area (Å²) in [6.45, 7) is 13.4. The molecule has 1 aromatic rings. The lowest BCUT2D eigenvalue weighted by atomic mass is 9.85. The van der Waals surface area contributed by atoms with Crippen LogP contribution in [0.1, 0.15) is 48.5 Å². The number of carbonyl (C=O) groups excluding carboxylic acids is 1. The highest BCUT2D eigenvalue weighted by Crippen LogP contribution is 2.36. The molecule has 0 aromatic carbocycles. The minimum atomic E-state index is -0.621. The number of aromatic nitrogens is 1. The van der Waals surface area contributed by atoms with Crippen LogP contribution in [0.4, 0.5) is 4.79 Å². The van der Waals surface area contributed by atoms with E-state index in [1.807, 2.05) is 48.5 Å². The first-order chi connectivity index (χ1) is 9.84. The number of hydrogen-bond acceptors (Lipinski definition) is 4. The van der Waals surface area contributed by atoms with Crippen molar-refractivity contribution in [3.05, 3.63) is 16.7 Å². The molecule has 0 amide bonds. The summed E-state index contributed by atoms with van der Waals surface area (Å²) >= 11 is 3.38. The summed E-state index contributed by atoms with van der Waals surface area (Å²) in [5, 5.41) is 0. The van der Waals surface area contributed by atoms with Gasteiger partial charge in [-0.1, -0.05) is 0 Å². The monoisotopic (exact) mass is 371 g/mol. The van der Waals surface area contributed by atoms with Crippen molar-refractivity contribution in [2.75, 3.05) is 0 Å². The van der Waals surface area contributed by atoms with Crippen molar-refractivity contribution in [3.63, 3.8) is 0 Å². The summed E-state index contributed by atoms with van der Waals surface area (Å²) in [5.74, 6) is 0. The highest BCUT2D eigenvalue weighted by atomic mass is 79.9. The molecular weight excluding hydrogens is 349 g/mol. The Morgan fingerprint density at radius 2 is 1.68 bits per heavy atom. The molecular formula is C15H23BBrNO4. The Morgan fingerprint density at radius 3 is 2.14 bits per heavy atom. The fourth-order valence-corrected chi connectivity index (χ4v) is 2.56. The van der Waals surface area contributed by atoms with E-state index >= 15 is 0 Å². The van der Waals surface area contributed by atoms with E-state index in [0.29, 0.717) is 10.2 Å². The first kappa shape index (κ1) is 17.6. The Morgan fingerprint density at radius 1 is 1.18 bits per heavy atom. The van der Waals surface area contributed by atoms with Gasteiger partial charge in [0.25, 0.3) is 0 Å². The van der Waals surface area contributed by atoms with Crippen molar-refractivity contribution in [1.29, 1.82) is 0 Å². The highest BCUT2D eigenvalue weighted by Gasteiger charge is 2.53. The molecule has 1 saturated heterocycles. The van der Waals surface area contributed by atoms with E-state index in [-0.39, 0.29) is 0 Å². The van der Waals surface area contributed by atoms with Crippen LogP contribution in [-0.4, -0.2) is 34.6 Å². The lowest BCUT2D eigenvalue weighted by Gasteiger charge is -2.32. The second-order valence-corrected chi connectivity index (χ2v) is 8.30. The third-order valence-corrected chi connectivity index (χ3v) is 4.55. The van der Waals surface area contributed by atoms with Crippen molar-refractivity contribution in [2.24, 2.45) is 0 Å². The van der Waals surface area contributed by atoms with Crippen molar-refractivity contribution in [2.45, 2.75) is 65.3 Å². The number of halogens is 1. The van der Waals surface area contributed by atoms with Crippen LogP contribution in [0.3, 0.4) is 0 Å². The van der Waals surface area contributed by atoms with Gasteiger partial charge in [-0.2, -0.15) is 0 Å². The van der Waals surface area contributed by atoms with E-state index in [1.165, 1.54) is 4.57 Å². The molecule has 0 N–H and O–H groups in total. The molecule has 0 saturated carbocycles. The fraction of sp³-hybridized carbons (Fsp3) is 0.667. The smallest absolute Gasteiger partial charge is 0.443 e. The molecule has 0 bridgehead atoms. The Kier molecular flexibility index (Phi) is 4.30. The predicted molar refractivity (Wildman–Crippen MR) is 89.5 cm³/mol. The lowest BCUT2D eigenvalue weighted by molar-refractivity contribution is 0.00578. The van der Waals surface area contributed by atoms with E-state index in [2.05, 4.69) is 15.9 Å². The van der Waals surface area contributed by atoms with Crippen LogP contribution in [0.5, 0.6) is 0 Å². The second kappa shape index (κ2) is 5.39. The predicted octanol–water partition coefficient (Wildman–Crippen LogP) is 3.33. The molecule has 2 heterocycles. The highest BCUT2D eigenvalue weighted by molar-refractivity contribution is 9.10. The molecule has 0 radical (unpaired) electrons. The number of nitrogens with zero attached hydrogens (tertiary/aromatic N) is 1. The Balaban J connectivity index is 2.34. The van der Waals surface area contributed by atoms with Gasteiger partial charge in [0.2, 0.25) is 0 Å². The summed E-state index contributed by atoms with van der Waals surface area (Å²) in [6.07, 6.45) is -0.464. The number of hydrogen-bond donors (Lipinski definition) is 0. The van der Waals surface area contributed by atoms with Gasteiger partial charge in [0.15, 0.2) is 0 Å². The Bertz CT molecular complexity index is 573. The zero-order valence-corrected chi connectivity index (χ0v) is 15.8. The summed E-state index contributed by atoms with van der Waals surface area (Å²) in [5.41, 5.74) is -0.895. The van der Waals surface area contributed by atoms with Crippen LogP contribution < -0.4 is 5.59 Å². The normalized spacial score (nSPS) is 20.3. The van der Waals surface area contributed by atoms with Crippen LogP contribution in [-0.2, 0) is 14.0 Å². The fourth-order valence-electron chi connectivity index (χ4n) is 2.07. The maximum Gasteiger partial charge on any atom is 0.513 e. The minimum Gasteiger partial charge on any atom is -0.443 e. The first-order valence-electron chi connectivity index (χ1n) is 7.30. The van der Waals surface area contributed by atoms with Crippen molar-refractivity contribution >= 4 is 34.7 Å². The van der Waals surface area contributed by atoms with E-state index in [9.17, 15) is 4.79 Å². The summed E-state index contributed by atoms with van der Waals surface area (Å²) in [4.78, 5) is 12.4. The van der Waals surface area contributed by atoms with Gasteiger partial charge in [-0.25, -0.2) is 9.36 Å². The molecule has 1 fully saturated rings. The van der Waals surface area contributed by atoms with Gasteiger partial charge < -0.3 is 14.0 Å². The van der Waals surface area contributed by atoms with Gasteiger partial charge in [-0.3, -0.25) is 0 Å². The van der Waals surface area contributed by atoms with Crippen LogP contribution >= 0.6 is 15.9 Å². The maximum absolute atomic E-state index is 12.4. The van der Waals surface area contributed by atoms with Gasteiger partial charge in [-0.15, -0.1) is 0 Å². The average molecular weight is 372 g/mol. The van der Waals surface area contributed by atoms with E-state index < -0.39 is 30.0 Å². The molecule has 5 nitrogen and oxygen atoms in total. The topological polar surface area (TPSA) is 49.7 Å². The molecule has 0 unspecified atom stereocenters. The largest absolute Gasteiger partial charge is 0.513 e. The van der Waals surface area contributed by atoms with E-state index in [4.69, 9.17) is 14.0 Å². The Hall–Kier alpha value is -0.785. The third kappa shape index (κ3) is 3.26. The molecule has 122 valence electrons. The first-order valence-corrected chi connectivity index (χ1v) is 8.09. The molecule has 7 heteroatoms. The van der Waals surface area contributed by atoms with E-state index in [0.717, 1.165) is 0 Å². The molecule has 0 spiro atoms. The molecule has 0 atom stereocenters. The maximum atomic E-state index is 12.4. The molecule has 1 aliphatic rings. The molecule has 0 aliphatic carbocycles. The van der Waals surface area contributed by atoms with Gasteiger partial charge in [0.1, 0.15) is 5.60 Å². The second-order valence-electron chi connectivity index (χ2n) is 7.48. The van der Waals surface area contributed by atoms with Crippen LogP contribution in [0, 0.1) is 0 Å². The number of carbonyl (C=O) groups is 1. The van der Waals surface area contributed by atoms with Crippen LogP contribution in [0.2, 0.25) is 0 Å². The zero-order valence-electron chi connectivity index (χ0n) is 14.2. The standard InChI is InChI=1S/C15H23BBrNO4/c1-13(2,3)20-12(19)18-10(8-9-11(18)17)16-21-14(4,5)15(6,7)22-16/h8-9H,1-7H3. The summed E-state index contributed by atoms with van der Waals surface area (Å²) in [6, 6.07) is 3.58. The minimum absolute atomic E-state index is 0.464. The summed E-state index contributed by atoms with van der Waals surface area (Å²) in [7, 11) is -0.621. The van der Waals surface area contributed by atoms with Crippen LogP contribution in [0.15, 0.2) is 16.7 Å². The lowest BCUT2D eigenvalue weighted by Crippen LogP contribution is -2.43. The SMILES string of the molecule is CC(C)(C)OC(=O)n1c(Br)ccc1B1OC(C)(C)C(C)(C)O1. The zero-order chi connectivity index (χ0) is 16.9. The van der Waals surface area contributed by atoms with Crippen molar-refractivity contribution < 1.29 is 18.8 Å². The molecule has 2 rings (SSSR count). The molecule has 22 heavy (non-hydrogen) atoms. The average Bonchev–Trinajstić information content (AvgIpc) is 2.75. The van der Waals surface area contributed by atoms with Gasteiger partial charge in [0, 0.05) is 0 Å². The van der Waals surface area contributed by atoms with Gasteiger partial charge in [-0.05, 0) is 76.5 Å². The molecule has 1 aromatic heterocycles. The quantitative estimate of drug-likeness (QED) is 0.710. The van der Waals surface area contributed by atoms with Crippen molar-refractivity contribution in [3.8, 4) is 0 Å². The van der Waals surface area contributed by atoms with Crippen molar-refractivity contribution in [1.82, 2.24) is 4.57 Å². The van der Waals surface area contributed by atoms with Gasteiger partial charge >= 0.3 is 13.2 Å². The van der Waals surface area contributed by atoms with E-state index in [1.54, 1.807) is 12.1 Å². The molecule has 1 aliphatic heterocycles. The number of rotatable bonds is 1. The number of ether oxygens (including phenoxy) is 1. The third-order valence-electron chi connectivity index (χ3n) is 3.93.